The number of rotatable bonds is 2. The first-order chi connectivity index (χ1) is 5.02. The smallest absolute Gasteiger partial charge is 0.254 e. The second-order valence-electron chi connectivity index (χ2n) is 3.65. The lowest BCUT2D eigenvalue weighted by atomic mass is 9.86. The minimum absolute atomic E-state index is 0. The van der Waals surface area contributed by atoms with E-state index >= 15 is 0 Å². The van der Waals surface area contributed by atoms with Crippen LogP contribution in [0.1, 0.15) is 26.2 Å². The van der Waals surface area contributed by atoms with Crippen LogP contribution in [0.4, 0.5) is 8.78 Å². The molecule has 0 aliphatic heterocycles. The summed E-state index contributed by atoms with van der Waals surface area (Å²) in [6.07, 6.45) is 1.36. The fourth-order valence-corrected chi connectivity index (χ4v) is 1.79. The van der Waals surface area contributed by atoms with E-state index in [2.05, 4.69) is 5.32 Å². The zero-order valence-electron chi connectivity index (χ0n) is 7.49. The molecule has 1 N–H and O–H groups in total. The van der Waals surface area contributed by atoms with Crippen LogP contribution >= 0.6 is 12.4 Å². The van der Waals surface area contributed by atoms with Crippen molar-refractivity contribution in [2.45, 2.75) is 32.1 Å². The second-order valence-corrected chi connectivity index (χ2v) is 3.65. The van der Waals surface area contributed by atoms with Gasteiger partial charge in [-0.25, -0.2) is 8.78 Å². The van der Waals surface area contributed by atoms with Crippen LogP contribution in [0, 0.1) is 5.41 Å². The van der Waals surface area contributed by atoms with E-state index in [0.29, 0.717) is 19.4 Å². The van der Waals surface area contributed by atoms with Gasteiger partial charge in [0, 0.05) is 18.4 Å². The largest absolute Gasteiger partial charge is 0.319 e. The Morgan fingerprint density at radius 2 is 1.92 bits per heavy atom. The van der Waals surface area contributed by atoms with Crippen LogP contribution in [0.25, 0.3) is 0 Å². The number of alkyl halides is 2. The lowest BCUT2D eigenvalue weighted by Gasteiger charge is -2.30. The van der Waals surface area contributed by atoms with Gasteiger partial charge in [-0.05, 0) is 19.9 Å². The Bertz CT molecular complexity index is 152. The van der Waals surface area contributed by atoms with Crippen LogP contribution in [0.15, 0.2) is 0 Å². The predicted molar refractivity (Wildman–Crippen MR) is 48.1 cm³/mol. The van der Waals surface area contributed by atoms with E-state index in [9.17, 15) is 8.78 Å². The zero-order valence-corrected chi connectivity index (χ0v) is 8.31. The molecule has 4 heteroatoms. The molecule has 0 amide bonds. The van der Waals surface area contributed by atoms with Gasteiger partial charge in [-0.15, -0.1) is 12.4 Å². The van der Waals surface area contributed by atoms with E-state index in [1.165, 1.54) is 0 Å². The van der Waals surface area contributed by atoms with Gasteiger partial charge < -0.3 is 5.32 Å². The van der Waals surface area contributed by atoms with Crippen LogP contribution in [0.3, 0.4) is 0 Å². The topological polar surface area (TPSA) is 12.0 Å². The summed E-state index contributed by atoms with van der Waals surface area (Å²) >= 11 is 0. The maximum absolute atomic E-state index is 13.1. The van der Waals surface area contributed by atoms with Crippen LogP contribution in [-0.2, 0) is 0 Å². The molecule has 1 nitrogen and oxygen atoms in total. The number of hydrogen-bond donors (Lipinski definition) is 1. The molecule has 12 heavy (non-hydrogen) atoms. The number of nitrogens with one attached hydrogen (secondary N) is 1. The highest BCUT2D eigenvalue weighted by molar-refractivity contribution is 5.85. The summed E-state index contributed by atoms with van der Waals surface area (Å²) in [5.74, 6) is -2.46. The van der Waals surface area contributed by atoms with Gasteiger partial charge >= 0.3 is 0 Å². The van der Waals surface area contributed by atoms with Gasteiger partial charge in [0.15, 0.2) is 0 Å². The summed E-state index contributed by atoms with van der Waals surface area (Å²) in [6, 6.07) is 0. The molecule has 0 aromatic rings. The minimum Gasteiger partial charge on any atom is -0.319 e. The normalized spacial score (nSPS) is 33.0. The Morgan fingerprint density at radius 3 is 2.25 bits per heavy atom. The highest BCUT2D eigenvalue weighted by atomic mass is 35.5. The molecule has 0 heterocycles. The molecule has 1 unspecified atom stereocenters. The molecule has 1 aliphatic rings. The number of hydrogen-bond acceptors (Lipinski definition) is 1. The Labute approximate surface area is 78.3 Å². The van der Waals surface area contributed by atoms with Crippen molar-refractivity contribution in [2.24, 2.45) is 5.41 Å². The van der Waals surface area contributed by atoms with Gasteiger partial charge in [-0.3, -0.25) is 0 Å². The molecule has 1 fully saturated rings. The molecular formula is C8H16ClF2N. The first-order valence-corrected chi connectivity index (χ1v) is 4.04. The van der Waals surface area contributed by atoms with E-state index in [-0.39, 0.29) is 18.8 Å². The molecular weight excluding hydrogens is 184 g/mol. The molecule has 74 valence electrons. The van der Waals surface area contributed by atoms with Crippen LogP contribution in [0.2, 0.25) is 0 Å². The highest BCUT2D eigenvalue weighted by Gasteiger charge is 2.52. The predicted octanol–water partition coefficient (Wildman–Crippen LogP) is 2.45. The van der Waals surface area contributed by atoms with E-state index < -0.39 is 11.3 Å². The van der Waals surface area contributed by atoms with Crippen molar-refractivity contribution in [2.75, 3.05) is 13.6 Å². The molecule has 0 bridgehead atoms. The Morgan fingerprint density at radius 1 is 1.33 bits per heavy atom. The Kier molecular flexibility index (Phi) is 3.91. The standard InChI is InChI=1S/C8H15F2N.ClH/c1-7(6-11-2)4-3-5-8(7,9)10;/h11H,3-6H2,1-2H3;1H. The van der Waals surface area contributed by atoms with E-state index in [0.717, 1.165) is 0 Å². The van der Waals surface area contributed by atoms with Crippen molar-refractivity contribution < 1.29 is 8.78 Å². The third-order valence-corrected chi connectivity index (χ3v) is 2.67. The van der Waals surface area contributed by atoms with Gasteiger partial charge in [0.05, 0.1) is 0 Å². The molecule has 1 aliphatic carbocycles. The molecule has 1 atom stereocenters. The summed E-state index contributed by atoms with van der Waals surface area (Å²) in [4.78, 5) is 0. The third kappa shape index (κ3) is 1.88. The fourth-order valence-electron chi connectivity index (χ4n) is 1.79. The van der Waals surface area contributed by atoms with Gasteiger partial charge in [-0.1, -0.05) is 6.92 Å². The summed E-state index contributed by atoms with van der Waals surface area (Å²) in [7, 11) is 1.72. The average Bonchev–Trinajstić information content (AvgIpc) is 2.09. The lowest BCUT2D eigenvalue weighted by molar-refractivity contribution is -0.0876. The molecule has 1 rings (SSSR count). The molecule has 0 saturated heterocycles. The van der Waals surface area contributed by atoms with Gasteiger partial charge in [0.1, 0.15) is 0 Å². The van der Waals surface area contributed by atoms with Crippen molar-refractivity contribution in [3.63, 3.8) is 0 Å². The van der Waals surface area contributed by atoms with Crippen molar-refractivity contribution in [1.29, 1.82) is 0 Å². The van der Waals surface area contributed by atoms with Crippen LogP contribution < -0.4 is 5.32 Å². The van der Waals surface area contributed by atoms with E-state index in [1.54, 1.807) is 14.0 Å². The van der Waals surface area contributed by atoms with Gasteiger partial charge in [0.25, 0.3) is 5.92 Å². The maximum atomic E-state index is 13.1. The monoisotopic (exact) mass is 199 g/mol. The SMILES string of the molecule is CNCC1(C)CCCC1(F)F.Cl. The Hall–Kier alpha value is 0.110. The first kappa shape index (κ1) is 12.1. The maximum Gasteiger partial charge on any atom is 0.254 e. The van der Waals surface area contributed by atoms with E-state index in [4.69, 9.17) is 0 Å². The fraction of sp³-hybridized carbons (Fsp3) is 1.00. The molecule has 0 spiro atoms. The molecule has 0 aromatic carbocycles. The lowest BCUT2D eigenvalue weighted by Crippen LogP contribution is -2.41. The first-order valence-electron chi connectivity index (χ1n) is 4.04. The Balaban J connectivity index is 0.00000121. The average molecular weight is 200 g/mol. The summed E-state index contributed by atoms with van der Waals surface area (Å²) < 4.78 is 26.3. The second kappa shape index (κ2) is 3.88. The van der Waals surface area contributed by atoms with Crippen molar-refractivity contribution in [3.05, 3.63) is 0 Å². The van der Waals surface area contributed by atoms with Gasteiger partial charge in [0.2, 0.25) is 0 Å². The van der Waals surface area contributed by atoms with Crippen molar-refractivity contribution >= 4 is 12.4 Å². The van der Waals surface area contributed by atoms with Crippen molar-refractivity contribution in [1.82, 2.24) is 5.32 Å². The molecule has 0 aromatic heterocycles. The van der Waals surface area contributed by atoms with Gasteiger partial charge in [-0.2, -0.15) is 0 Å². The number of halogens is 3. The third-order valence-electron chi connectivity index (χ3n) is 2.67. The summed E-state index contributed by atoms with van der Waals surface area (Å²) in [5, 5.41) is 2.83. The van der Waals surface area contributed by atoms with Crippen molar-refractivity contribution in [3.8, 4) is 0 Å². The minimum atomic E-state index is -2.46. The van der Waals surface area contributed by atoms with E-state index in [1.807, 2.05) is 0 Å². The highest BCUT2D eigenvalue weighted by Crippen LogP contribution is 2.49. The zero-order chi connectivity index (χ0) is 8.54. The summed E-state index contributed by atoms with van der Waals surface area (Å²) in [5.41, 5.74) is -0.804. The quantitative estimate of drug-likeness (QED) is 0.721. The summed E-state index contributed by atoms with van der Waals surface area (Å²) in [6.45, 7) is 2.08. The van der Waals surface area contributed by atoms with Crippen LogP contribution in [0.5, 0.6) is 0 Å². The molecule has 1 saturated carbocycles. The molecule has 0 radical (unpaired) electrons. The van der Waals surface area contributed by atoms with Crippen LogP contribution in [-0.4, -0.2) is 19.5 Å².